The van der Waals surface area contributed by atoms with Crippen molar-refractivity contribution in [1.82, 2.24) is 9.47 Å². The fourth-order valence-corrected chi connectivity index (χ4v) is 8.23. The highest BCUT2D eigenvalue weighted by Crippen LogP contribution is 2.61. The number of nitrogens with two attached hydrogens (primary N) is 1. The zero-order chi connectivity index (χ0) is 34.6. The zero-order valence-corrected chi connectivity index (χ0v) is 26.9. The Hall–Kier alpha value is -3.98. The van der Waals surface area contributed by atoms with Crippen LogP contribution in [0.4, 0.5) is 20.6 Å². The minimum Gasteiger partial charge on any atom is -0.492 e. The Labute approximate surface area is 266 Å². The minimum absolute atomic E-state index is 0.00990. The molecule has 5 rings (SSSR count). The number of fused-ring (bicyclic) bond motifs is 1. The van der Waals surface area contributed by atoms with E-state index < -0.39 is 67.6 Å². The number of ether oxygens (including phenoxy) is 2. The average Bonchev–Trinajstić information content (AvgIpc) is 3.82. The Kier molecular flexibility index (Phi) is 9.18. The molecule has 1 aliphatic heterocycles. The Bertz CT molecular complexity index is 1880. The number of piperazine rings is 1. The van der Waals surface area contributed by atoms with Gasteiger partial charge < -0.3 is 54.3 Å². The van der Waals surface area contributed by atoms with Crippen LogP contribution >= 0.6 is 15.2 Å². The first-order chi connectivity index (χ1) is 21.9. The molecule has 2 heterocycles. The lowest BCUT2D eigenvalue weighted by Crippen LogP contribution is -2.55. The molecule has 19 heteroatoms. The van der Waals surface area contributed by atoms with E-state index in [2.05, 4.69) is 0 Å². The van der Waals surface area contributed by atoms with Crippen molar-refractivity contribution in [3.8, 4) is 11.5 Å². The molecule has 1 saturated heterocycles. The molecule has 0 spiro atoms. The highest BCUT2D eigenvalue weighted by Gasteiger charge is 2.43. The van der Waals surface area contributed by atoms with Crippen LogP contribution < -0.4 is 25.5 Å². The third-order valence-electron chi connectivity index (χ3n) is 8.26. The fraction of sp³-hybridized carbons (Fsp3) is 0.393. The van der Waals surface area contributed by atoms with Crippen molar-refractivity contribution in [3.05, 3.63) is 57.6 Å². The van der Waals surface area contributed by atoms with Gasteiger partial charge in [-0.25, -0.2) is 14.0 Å². The molecule has 1 saturated carbocycles. The fourth-order valence-electron chi connectivity index (χ4n) is 5.76. The van der Waals surface area contributed by atoms with Crippen molar-refractivity contribution >= 4 is 49.5 Å². The molecular weight excluding hydrogens is 665 g/mol. The summed E-state index contributed by atoms with van der Waals surface area (Å²) in [6.07, 6.45) is 1.30. The summed E-state index contributed by atoms with van der Waals surface area (Å²) in [5.74, 6) is -2.35. The monoisotopic (exact) mass is 698 g/mol. The van der Waals surface area contributed by atoms with Gasteiger partial charge in [-0.1, -0.05) is 12.1 Å². The number of methoxy groups -OCH3 is 1. The van der Waals surface area contributed by atoms with E-state index in [0.717, 1.165) is 0 Å². The number of carbonyl (C=O) groups is 2. The lowest BCUT2D eigenvalue weighted by molar-refractivity contribution is 0.0694. The second-order valence-electron chi connectivity index (χ2n) is 11.5. The van der Waals surface area contributed by atoms with Crippen LogP contribution in [0.2, 0.25) is 0 Å². The number of aromatic nitrogens is 1. The van der Waals surface area contributed by atoms with Gasteiger partial charge in [0, 0.05) is 37.9 Å². The van der Waals surface area contributed by atoms with Crippen LogP contribution in [0.1, 0.15) is 41.7 Å². The van der Waals surface area contributed by atoms with Gasteiger partial charge in [0.15, 0.2) is 17.0 Å². The van der Waals surface area contributed by atoms with E-state index in [-0.39, 0.29) is 59.3 Å². The number of carboxylic acid groups (broad SMARTS) is 1. The second kappa shape index (κ2) is 12.6. The van der Waals surface area contributed by atoms with Crippen molar-refractivity contribution in [1.29, 1.82) is 0 Å². The van der Waals surface area contributed by atoms with Crippen LogP contribution in [0, 0.1) is 5.82 Å². The zero-order valence-electron chi connectivity index (χ0n) is 25.1. The first-order valence-corrected chi connectivity index (χ1v) is 17.7. The number of carboxylic acids is 1. The number of aromatic carboxylic acids is 1. The number of hydrogen-bond donors (Lipinski definition) is 6. The second-order valence-corrected chi connectivity index (χ2v) is 15.5. The maximum Gasteiger partial charge on any atom is 0.415 e. The van der Waals surface area contributed by atoms with E-state index in [1.807, 2.05) is 0 Å². The standard InChI is InChI=1S/C28H33FN4O12P2/c1-14-12-31(9-10-32(14)28(37)45-17-7-3-15(4-8-17)11-19(46(38,39)40)47(41,42)43)24-21(29)22(30)20-23(26(24)44-2)33(16-5-6-16)13-18(25(20)34)27(35)36/h3-4,7-8,13-14,16,19H,5-6,9-12,30H2,1-2H3,(H,35,36)(H2,38,39,40)(H2,41,42,43). The molecule has 3 aromatic rings. The number of nitrogens with zero attached hydrogens (tertiary/aromatic N) is 3. The first-order valence-electron chi connectivity index (χ1n) is 14.3. The third-order valence-corrected chi connectivity index (χ3v) is 12.0. The Morgan fingerprint density at radius 1 is 1.09 bits per heavy atom. The van der Waals surface area contributed by atoms with Crippen molar-refractivity contribution < 1.29 is 57.3 Å². The largest absolute Gasteiger partial charge is 0.492 e. The highest BCUT2D eigenvalue weighted by atomic mass is 31.2. The number of anilines is 2. The Morgan fingerprint density at radius 2 is 1.70 bits per heavy atom. The molecule has 16 nitrogen and oxygen atoms in total. The van der Waals surface area contributed by atoms with Gasteiger partial charge >= 0.3 is 27.3 Å². The molecule has 2 fully saturated rings. The number of hydrogen-bond acceptors (Lipinski definition) is 9. The van der Waals surface area contributed by atoms with Crippen LogP contribution in [0.3, 0.4) is 0 Å². The van der Waals surface area contributed by atoms with Crippen molar-refractivity contribution in [2.75, 3.05) is 37.4 Å². The summed E-state index contributed by atoms with van der Waals surface area (Å²) in [6, 6.07) is 4.62. The van der Waals surface area contributed by atoms with Crippen LogP contribution in [0.25, 0.3) is 10.9 Å². The van der Waals surface area contributed by atoms with Gasteiger partial charge in [-0.3, -0.25) is 13.9 Å². The van der Waals surface area contributed by atoms with Gasteiger partial charge in [0.05, 0.1) is 23.7 Å². The van der Waals surface area contributed by atoms with Gasteiger partial charge in [-0.15, -0.1) is 0 Å². The number of nitrogen functional groups attached to an aromatic ring is 1. The van der Waals surface area contributed by atoms with Gasteiger partial charge in [0.2, 0.25) is 5.43 Å². The lowest BCUT2D eigenvalue weighted by Gasteiger charge is -2.41. The Morgan fingerprint density at radius 3 is 2.21 bits per heavy atom. The minimum atomic E-state index is -5.12. The van der Waals surface area contributed by atoms with Gasteiger partial charge in [0.25, 0.3) is 0 Å². The number of benzene rings is 2. The molecule has 1 aliphatic carbocycles. The molecule has 1 unspecified atom stereocenters. The Balaban J connectivity index is 1.37. The SMILES string of the molecule is COc1c(N2CCN(C(=O)Oc3ccc(CC(P(=O)(O)O)P(=O)(O)O)cc3)C(C)C2)c(F)c(N)c2c(=O)c(C(=O)O)cn(C3CC3)c12. The molecule has 1 aromatic heterocycles. The molecule has 7 N–H and O–H groups in total. The van der Waals surface area contributed by atoms with E-state index in [1.54, 1.807) is 16.4 Å². The van der Waals surface area contributed by atoms with Crippen LogP contribution in [-0.2, 0) is 15.6 Å². The molecule has 254 valence electrons. The van der Waals surface area contributed by atoms with Crippen LogP contribution in [0.5, 0.6) is 11.5 Å². The van der Waals surface area contributed by atoms with E-state index in [9.17, 15) is 48.2 Å². The van der Waals surface area contributed by atoms with Crippen LogP contribution in [-0.4, -0.2) is 84.4 Å². The summed E-state index contributed by atoms with van der Waals surface area (Å²) in [5, 5.41) is 7.10. The molecule has 0 radical (unpaired) electrons. The summed E-state index contributed by atoms with van der Waals surface area (Å²) in [4.78, 5) is 78.5. The smallest absolute Gasteiger partial charge is 0.415 e. The van der Waals surface area contributed by atoms with Crippen LogP contribution in [0.15, 0.2) is 35.3 Å². The maximum absolute atomic E-state index is 16.0. The van der Waals surface area contributed by atoms with E-state index >= 15 is 4.39 Å². The van der Waals surface area contributed by atoms with Crippen molar-refractivity contribution in [2.24, 2.45) is 0 Å². The summed E-state index contributed by atoms with van der Waals surface area (Å²) in [5.41, 5.74) is 4.53. The molecule has 2 aromatic carbocycles. The first kappa shape index (κ1) is 34.4. The molecule has 0 bridgehead atoms. The topological polar surface area (TPSA) is 242 Å². The predicted molar refractivity (Wildman–Crippen MR) is 167 cm³/mol. The van der Waals surface area contributed by atoms with E-state index in [1.165, 1.54) is 42.5 Å². The molecule has 47 heavy (non-hydrogen) atoms. The summed E-state index contributed by atoms with van der Waals surface area (Å²) < 4.78 is 51.9. The molecule has 1 amide bonds. The number of amides is 1. The lowest BCUT2D eigenvalue weighted by atomic mass is 10.0. The van der Waals surface area contributed by atoms with Gasteiger partial charge in [-0.05, 0) is 43.9 Å². The predicted octanol–water partition coefficient (Wildman–Crippen LogP) is 2.70. The van der Waals surface area contributed by atoms with Crippen molar-refractivity contribution in [2.45, 2.75) is 43.7 Å². The van der Waals surface area contributed by atoms with Gasteiger partial charge in [-0.2, -0.15) is 0 Å². The van der Waals surface area contributed by atoms with E-state index in [4.69, 9.17) is 15.2 Å². The highest BCUT2D eigenvalue weighted by molar-refractivity contribution is 7.70. The summed E-state index contributed by atoms with van der Waals surface area (Å²) >= 11 is 0. The number of carbonyl (C=O) groups excluding carboxylic acids is 1. The number of pyridine rings is 1. The quantitative estimate of drug-likeness (QED) is 0.139. The summed E-state index contributed by atoms with van der Waals surface area (Å²) in [7, 11) is -8.93. The number of rotatable bonds is 9. The normalized spacial score (nSPS) is 17.3. The molecular formula is C28H33FN4O12P2. The average molecular weight is 699 g/mol. The molecule has 1 atom stereocenters. The third kappa shape index (κ3) is 6.73. The van der Waals surface area contributed by atoms with Crippen molar-refractivity contribution in [3.63, 3.8) is 0 Å². The summed E-state index contributed by atoms with van der Waals surface area (Å²) in [6.45, 7) is 1.97. The number of halogens is 1. The van der Waals surface area contributed by atoms with Gasteiger partial charge in [0.1, 0.15) is 17.0 Å². The maximum atomic E-state index is 16.0. The molecule has 2 aliphatic rings. The van der Waals surface area contributed by atoms with E-state index in [0.29, 0.717) is 12.8 Å².